The normalized spacial score (nSPS) is 10.7. The van der Waals surface area contributed by atoms with Crippen LogP contribution in [0.5, 0.6) is 0 Å². The minimum atomic E-state index is 0.284. The molecule has 1 aromatic rings. The first-order chi connectivity index (χ1) is 7.69. The van der Waals surface area contributed by atoms with Gasteiger partial charge in [-0.25, -0.2) is 0 Å². The summed E-state index contributed by atoms with van der Waals surface area (Å²) in [6.07, 6.45) is 3.68. The predicted molar refractivity (Wildman–Crippen MR) is 65.4 cm³/mol. The first-order valence-electron chi connectivity index (χ1n) is 5.39. The van der Waals surface area contributed by atoms with Gasteiger partial charge in [-0.3, -0.25) is 9.48 Å². The van der Waals surface area contributed by atoms with E-state index in [1.54, 1.807) is 13.3 Å². The van der Waals surface area contributed by atoms with E-state index < -0.39 is 0 Å². The highest BCUT2D eigenvalue weighted by atomic mass is 79.9. The van der Waals surface area contributed by atoms with E-state index in [0.29, 0.717) is 19.4 Å². The van der Waals surface area contributed by atoms with E-state index in [9.17, 15) is 4.79 Å². The molecular weight excluding hydrogens is 272 g/mol. The maximum absolute atomic E-state index is 11.3. The maximum atomic E-state index is 11.3. The second-order valence-electron chi connectivity index (χ2n) is 3.55. The quantitative estimate of drug-likeness (QED) is 0.773. The molecule has 0 spiro atoms. The average Bonchev–Trinajstić information content (AvgIpc) is 2.64. The summed E-state index contributed by atoms with van der Waals surface area (Å²) < 4.78 is 7.86. The standard InChI is InChI=1S/C11H17BrN2O2/c1-3-9(15)4-5-11-10(12)8-13-14(11)6-7-16-2/h8H,3-7H2,1-2H3. The molecule has 0 radical (unpaired) electrons. The molecule has 0 saturated carbocycles. The van der Waals surface area contributed by atoms with Crippen molar-refractivity contribution in [3.05, 3.63) is 16.4 Å². The number of halogens is 1. The number of hydrogen-bond donors (Lipinski definition) is 0. The Bertz CT molecular complexity index is 350. The maximum Gasteiger partial charge on any atom is 0.133 e. The zero-order valence-electron chi connectivity index (χ0n) is 9.70. The summed E-state index contributed by atoms with van der Waals surface area (Å²) in [6, 6.07) is 0. The predicted octanol–water partition coefficient (Wildman–Crippen LogP) is 2.20. The molecule has 0 aromatic carbocycles. The molecular formula is C11H17BrN2O2. The van der Waals surface area contributed by atoms with Gasteiger partial charge in [0.05, 0.1) is 29.5 Å². The number of hydrogen-bond acceptors (Lipinski definition) is 3. The molecule has 16 heavy (non-hydrogen) atoms. The largest absolute Gasteiger partial charge is 0.383 e. The molecule has 0 aliphatic heterocycles. The minimum Gasteiger partial charge on any atom is -0.383 e. The average molecular weight is 289 g/mol. The van der Waals surface area contributed by atoms with Gasteiger partial charge in [0.2, 0.25) is 0 Å². The first-order valence-corrected chi connectivity index (χ1v) is 6.19. The lowest BCUT2D eigenvalue weighted by Crippen LogP contribution is -2.11. The number of nitrogens with zero attached hydrogens (tertiary/aromatic N) is 2. The van der Waals surface area contributed by atoms with Crippen LogP contribution in [-0.4, -0.2) is 29.3 Å². The van der Waals surface area contributed by atoms with E-state index in [1.807, 2.05) is 11.6 Å². The third-order valence-corrected chi connectivity index (χ3v) is 3.10. The molecule has 0 saturated heterocycles. The SMILES string of the molecule is CCC(=O)CCc1c(Br)cnn1CCOC. The highest BCUT2D eigenvalue weighted by Crippen LogP contribution is 2.18. The number of ether oxygens (including phenoxy) is 1. The number of Topliss-reactive ketones (excluding diaryl/α,β-unsaturated/α-hetero) is 1. The highest BCUT2D eigenvalue weighted by Gasteiger charge is 2.10. The van der Waals surface area contributed by atoms with Crippen LogP contribution in [0.4, 0.5) is 0 Å². The zero-order chi connectivity index (χ0) is 12.0. The molecule has 0 unspecified atom stereocenters. The molecule has 0 aliphatic rings. The summed E-state index contributed by atoms with van der Waals surface area (Å²) in [5.74, 6) is 0.284. The summed E-state index contributed by atoms with van der Waals surface area (Å²) in [5.41, 5.74) is 1.07. The van der Waals surface area contributed by atoms with Gasteiger partial charge in [0.25, 0.3) is 0 Å². The molecule has 1 aromatic heterocycles. The highest BCUT2D eigenvalue weighted by molar-refractivity contribution is 9.10. The van der Waals surface area contributed by atoms with Crippen LogP contribution in [0.25, 0.3) is 0 Å². The Kier molecular flexibility index (Phi) is 5.69. The Morgan fingerprint density at radius 3 is 3.00 bits per heavy atom. The van der Waals surface area contributed by atoms with Gasteiger partial charge in [0.15, 0.2) is 0 Å². The topological polar surface area (TPSA) is 44.1 Å². The summed E-state index contributed by atoms with van der Waals surface area (Å²) in [6.45, 7) is 3.24. The van der Waals surface area contributed by atoms with Crippen molar-refractivity contribution in [2.45, 2.75) is 32.7 Å². The van der Waals surface area contributed by atoms with Gasteiger partial charge in [0.1, 0.15) is 5.78 Å². The lowest BCUT2D eigenvalue weighted by atomic mass is 10.1. The fraction of sp³-hybridized carbons (Fsp3) is 0.636. The third kappa shape index (κ3) is 3.72. The monoisotopic (exact) mass is 288 g/mol. The van der Waals surface area contributed by atoms with E-state index in [-0.39, 0.29) is 5.78 Å². The van der Waals surface area contributed by atoms with Crippen molar-refractivity contribution >= 4 is 21.7 Å². The van der Waals surface area contributed by atoms with Crippen LogP contribution in [0.2, 0.25) is 0 Å². The van der Waals surface area contributed by atoms with Gasteiger partial charge < -0.3 is 4.74 Å². The van der Waals surface area contributed by atoms with Gasteiger partial charge >= 0.3 is 0 Å². The molecule has 1 heterocycles. The first kappa shape index (κ1) is 13.4. The van der Waals surface area contributed by atoms with Crippen LogP contribution in [0.15, 0.2) is 10.7 Å². The number of ketones is 1. The number of carbonyl (C=O) groups excluding carboxylic acids is 1. The Hall–Kier alpha value is -0.680. The molecule has 0 N–H and O–H groups in total. The third-order valence-electron chi connectivity index (χ3n) is 2.44. The van der Waals surface area contributed by atoms with Crippen molar-refractivity contribution in [1.29, 1.82) is 0 Å². The van der Waals surface area contributed by atoms with Crippen LogP contribution in [0.1, 0.15) is 25.5 Å². The van der Waals surface area contributed by atoms with Crippen molar-refractivity contribution in [1.82, 2.24) is 9.78 Å². The number of aromatic nitrogens is 2. The number of carbonyl (C=O) groups is 1. The van der Waals surface area contributed by atoms with E-state index >= 15 is 0 Å². The molecule has 0 aliphatic carbocycles. The van der Waals surface area contributed by atoms with E-state index in [0.717, 1.165) is 23.1 Å². The fourth-order valence-corrected chi connectivity index (χ4v) is 1.94. The summed E-state index contributed by atoms with van der Waals surface area (Å²) in [7, 11) is 1.67. The molecule has 0 amide bonds. The van der Waals surface area contributed by atoms with Crippen LogP contribution in [0, 0.1) is 0 Å². The van der Waals surface area contributed by atoms with Crippen LogP contribution in [-0.2, 0) is 22.5 Å². The second kappa shape index (κ2) is 6.81. The fourth-order valence-electron chi connectivity index (χ4n) is 1.44. The van der Waals surface area contributed by atoms with Gasteiger partial charge in [-0.15, -0.1) is 0 Å². The van der Waals surface area contributed by atoms with Crippen molar-refractivity contribution < 1.29 is 9.53 Å². The zero-order valence-corrected chi connectivity index (χ0v) is 11.3. The van der Waals surface area contributed by atoms with Crippen molar-refractivity contribution in [3.63, 3.8) is 0 Å². The van der Waals surface area contributed by atoms with Crippen LogP contribution < -0.4 is 0 Å². The second-order valence-corrected chi connectivity index (χ2v) is 4.40. The van der Waals surface area contributed by atoms with Gasteiger partial charge in [-0.1, -0.05) is 6.92 Å². The summed E-state index contributed by atoms with van der Waals surface area (Å²) >= 11 is 3.45. The van der Waals surface area contributed by atoms with E-state index in [4.69, 9.17) is 4.74 Å². The Balaban J connectivity index is 2.62. The van der Waals surface area contributed by atoms with Crippen molar-refractivity contribution in [3.8, 4) is 0 Å². The minimum absolute atomic E-state index is 0.284. The smallest absolute Gasteiger partial charge is 0.133 e. The molecule has 4 nitrogen and oxygen atoms in total. The van der Waals surface area contributed by atoms with Gasteiger partial charge in [-0.2, -0.15) is 5.10 Å². The lowest BCUT2D eigenvalue weighted by molar-refractivity contribution is -0.118. The van der Waals surface area contributed by atoms with Crippen LogP contribution in [0.3, 0.4) is 0 Å². The number of rotatable bonds is 7. The molecule has 0 bridgehead atoms. The number of methoxy groups -OCH3 is 1. The van der Waals surface area contributed by atoms with E-state index in [2.05, 4.69) is 21.0 Å². The molecule has 5 heteroatoms. The van der Waals surface area contributed by atoms with Crippen molar-refractivity contribution in [2.75, 3.05) is 13.7 Å². The van der Waals surface area contributed by atoms with Gasteiger partial charge in [0, 0.05) is 20.0 Å². The Labute approximate surface area is 104 Å². The Morgan fingerprint density at radius 1 is 1.62 bits per heavy atom. The van der Waals surface area contributed by atoms with Crippen LogP contribution >= 0.6 is 15.9 Å². The van der Waals surface area contributed by atoms with E-state index in [1.165, 1.54) is 0 Å². The molecule has 1 rings (SSSR count). The lowest BCUT2D eigenvalue weighted by Gasteiger charge is -2.06. The van der Waals surface area contributed by atoms with Gasteiger partial charge in [-0.05, 0) is 22.4 Å². The Morgan fingerprint density at radius 2 is 2.38 bits per heavy atom. The molecule has 0 atom stereocenters. The summed E-state index contributed by atoms with van der Waals surface area (Å²) in [4.78, 5) is 11.3. The molecule has 90 valence electrons. The van der Waals surface area contributed by atoms with Crippen molar-refractivity contribution in [2.24, 2.45) is 0 Å². The molecule has 0 fully saturated rings. The summed E-state index contributed by atoms with van der Waals surface area (Å²) in [5, 5.41) is 4.24.